The maximum absolute atomic E-state index is 14.1. The van der Waals surface area contributed by atoms with Crippen LogP contribution in [0.25, 0.3) is 0 Å². The third-order valence-corrected chi connectivity index (χ3v) is 5.81. The van der Waals surface area contributed by atoms with Crippen molar-refractivity contribution in [2.75, 3.05) is 15.5 Å². The lowest BCUT2D eigenvalue weighted by Gasteiger charge is -2.36. The SMILES string of the molecule is C/C=C/C(=O)Nc1cccc(N2C(=O)N(Cc3ccccc3)Cc3cnc(Nc4cn(C)nc4F)nc32)c1. The normalized spacial score (nSPS) is 13.1. The average Bonchev–Trinajstić information content (AvgIpc) is 3.21. The molecule has 1 aliphatic rings. The highest BCUT2D eigenvalue weighted by molar-refractivity contribution is 6.03. The van der Waals surface area contributed by atoms with E-state index >= 15 is 0 Å². The van der Waals surface area contributed by atoms with Gasteiger partial charge in [-0.3, -0.25) is 9.48 Å². The molecule has 0 spiro atoms. The Morgan fingerprint density at radius 3 is 2.71 bits per heavy atom. The number of nitrogens with zero attached hydrogens (tertiary/aromatic N) is 6. The lowest BCUT2D eigenvalue weighted by Crippen LogP contribution is -2.45. The minimum absolute atomic E-state index is 0.112. The van der Waals surface area contributed by atoms with Crippen molar-refractivity contribution in [3.63, 3.8) is 0 Å². The molecule has 192 valence electrons. The molecule has 2 aromatic heterocycles. The molecule has 0 fully saturated rings. The van der Waals surface area contributed by atoms with Crippen molar-refractivity contribution in [1.82, 2.24) is 24.6 Å². The molecule has 4 aromatic rings. The zero-order chi connectivity index (χ0) is 26.6. The predicted octanol–water partition coefficient (Wildman–Crippen LogP) is 4.88. The highest BCUT2D eigenvalue weighted by Gasteiger charge is 2.33. The summed E-state index contributed by atoms with van der Waals surface area (Å²) in [4.78, 5) is 38.1. The zero-order valence-corrected chi connectivity index (χ0v) is 20.8. The van der Waals surface area contributed by atoms with E-state index in [-0.39, 0.29) is 23.6 Å². The van der Waals surface area contributed by atoms with Gasteiger partial charge in [-0.1, -0.05) is 42.5 Å². The number of rotatable bonds is 7. The Labute approximate surface area is 218 Å². The van der Waals surface area contributed by atoms with Crippen molar-refractivity contribution in [2.45, 2.75) is 20.0 Å². The molecule has 3 amide bonds. The van der Waals surface area contributed by atoms with Crippen LogP contribution in [0, 0.1) is 5.95 Å². The van der Waals surface area contributed by atoms with E-state index in [1.807, 2.05) is 30.3 Å². The number of urea groups is 1. The van der Waals surface area contributed by atoms with Gasteiger partial charge in [-0.2, -0.15) is 9.37 Å². The molecular formula is C27H25FN8O2. The third kappa shape index (κ3) is 5.21. The number of hydrogen-bond acceptors (Lipinski definition) is 6. The highest BCUT2D eigenvalue weighted by Crippen LogP contribution is 2.36. The van der Waals surface area contributed by atoms with Gasteiger partial charge >= 0.3 is 6.03 Å². The Hall–Kier alpha value is -5.06. The fourth-order valence-corrected chi connectivity index (χ4v) is 4.15. The van der Waals surface area contributed by atoms with Crippen LogP contribution < -0.4 is 15.5 Å². The van der Waals surface area contributed by atoms with Gasteiger partial charge in [0.05, 0.1) is 18.4 Å². The topological polar surface area (TPSA) is 108 Å². The predicted molar refractivity (Wildman–Crippen MR) is 142 cm³/mol. The van der Waals surface area contributed by atoms with E-state index in [9.17, 15) is 14.0 Å². The van der Waals surface area contributed by atoms with Crippen LogP contribution in [0.15, 0.2) is 79.1 Å². The second kappa shape index (κ2) is 10.5. The van der Waals surface area contributed by atoms with Crippen molar-refractivity contribution in [3.8, 4) is 0 Å². The highest BCUT2D eigenvalue weighted by atomic mass is 19.1. The Morgan fingerprint density at radius 2 is 1.97 bits per heavy atom. The van der Waals surface area contributed by atoms with E-state index in [0.717, 1.165) is 5.56 Å². The molecular weight excluding hydrogens is 487 g/mol. The molecule has 0 bridgehead atoms. The first kappa shape index (κ1) is 24.6. The van der Waals surface area contributed by atoms with Crippen molar-refractivity contribution in [1.29, 1.82) is 0 Å². The summed E-state index contributed by atoms with van der Waals surface area (Å²) in [6.07, 6.45) is 6.15. The number of hydrogen-bond donors (Lipinski definition) is 2. The van der Waals surface area contributed by atoms with E-state index in [1.54, 1.807) is 55.4 Å². The maximum Gasteiger partial charge on any atom is 0.330 e. The number of fused-ring (bicyclic) bond motifs is 1. The van der Waals surface area contributed by atoms with E-state index in [2.05, 4.69) is 25.7 Å². The summed E-state index contributed by atoms with van der Waals surface area (Å²) in [6, 6.07) is 16.3. The van der Waals surface area contributed by atoms with Gasteiger partial charge in [0.15, 0.2) is 5.82 Å². The number of benzene rings is 2. The number of allylic oxidation sites excluding steroid dienone is 1. The molecule has 10 nitrogen and oxygen atoms in total. The molecule has 0 unspecified atom stereocenters. The fourth-order valence-electron chi connectivity index (χ4n) is 4.15. The summed E-state index contributed by atoms with van der Waals surface area (Å²) in [6.45, 7) is 2.43. The molecule has 0 saturated carbocycles. The molecule has 0 atom stereocenters. The number of aryl methyl sites for hydroxylation is 1. The van der Waals surface area contributed by atoms with Gasteiger partial charge in [0.25, 0.3) is 5.95 Å². The molecule has 1 aliphatic heterocycles. The van der Waals surface area contributed by atoms with Crippen LogP contribution in [-0.2, 0) is 24.9 Å². The number of halogens is 1. The second-order valence-corrected chi connectivity index (χ2v) is 8.67. The van der Waals surface area contributed by atoms with Gasteiger partial charge in [0, 0.05) is 31.0 Å². The number of nitrogens with one attached hydrogen (secondary N) is 2. The van der Waals surface area contributed by atoms with Gasteiger partial charge in [0.2, 0.25) is 11.9 Å². The van der Waals surface area contributed by atoms with Gasteiger partial charge in [-0.25, -0.2) is 14.7 Å². The van der Waals surface area contributed by atoms with E-state index in [0.29, 0.717) is 35.8 Å². The zero-order valence-electron chi connectivity index (χ0n) is 20.8. The van der Waals surface area contributed by atoms with Crippen LogP contribution in [0.2, 0.25) is 0 Å². The van der Waals surface area contributed by atoms with Crippen LogP contribution in [0.1, 0.15) is 18.1 Å². The van der Waals surface area contributed by atoms with E-state index < -0.39 is 5.95 Å². The summed E-state index contributed by atoms with van der Waals surface area (Å²) < 4.78 is 15.5. The number of carbonyl (C=O) groups excluding carboxylic acids is 2. The van der Waals surface area contributed by atoms with Gasteiger partial charge < -0.3 is 15.5 Å². The van der Waals surface area contributed by atoms with Gasteiger partial charge in [-0.05, 0) is 36.8 Å². The van der Waals surface area contributed by atoms with Crippen LogP contribution in [0.4, 0.5) is 38.0 Å². The molecule has 0 saturated heterocycles. The number of aromatic nitrogens is 4. The molecule has 0 radical (unpaired) electrons. The monoisotopic (exact) mass is 512 g/mol. The van der Waals surface area contributed by atoms with Gasteiger partial charge in [-0.15, -0.1) is 5.10 Å². The number of amides is 3. The Bertz CT molecular complexity index is 1520. The largest absolute Gasteiger partial charge is 0.330 e. The van der Waals surface area contributed by atoms with Crippen molar-refractivity contribution in [3.05, 3.63) is 96.2 Å². The van der Waals surface area contributed by atoms with Crippen molar-refractivity contribution >= 4 is 40.8 Å². The molecule has 2 N–H and O–H groups in total. The van der Waals surface area contributed by atoms with Crippen LogP contribution >= 0.6 is 0 Å². The fraction of sp³-hybridized carbons (Fsp3) is 0.148. The molecule has 38 heavy (non-hydrogen) atoms. The average molecular weight is 513 g/mol. The number of anilines is 5. The van der Waals surface area contributed by atoms with Crippen molar-refractivity contribution < 1.29 is 14.0 Å². The maximum atomic E-state index is 14.1. The lowest BCUT2D eigenvalue weighted by molar-refractivity contribution is -0.111. The smallest absolute Gasteiger partial charge is 0.322 e. The molecule has 11 heteroatoms. The first-order chi connectivity index (χ1) is 18.4. The summed E-state index contributed by atoms with van der Waals surface area (Å²) in [7, 11) is 1.60. The van der Waals surface area contributed by atoms with Crippen LogP contribution in [0.3, 0.4) is 0 Å². The number of carbonyl (C=O) groups is 2. The molecule has 2 aromatic carbocycles. The van der Waals surface area contributed by atoms with Crippen molar-refractivity contribution in [2.24, 2.45) is 7.05 Å². The third-order valence-electron chi connectivity index (χ3n) is 5.81. The minimum Gasteiger partial charge on any atom is -0.322 e. The summed E-state index contributed by atoms with van der Waals surface area (Å²) in [5.74, 6) is -0.506. The quantitative estimate of drug-likeness (QED) is 0.342. The summed E-state index contributed by atoms with van der Waals surface area (Å²) in [5.41, 5.74) is 2.82. The summed E-state index contributed by atoms with van der Waals surface area (Å²) in [5, 5.41) is 9.31. The standard InChI is InChI=1S/C27H25FN8O2/c1-3-8-23(37)30-20-11-7-12-21(13-20)36-25-19(16-35(27(36)38)15-18-9-5-4-6-10-18)14-29-26(32-25)31-22-17-34(2)33-24(22)28/h3-14,17H,15-16H2,1-2H3,(H,30,37)(H,29,31,32)/b8-3+. The first-order valence-corrected chi connectivity index (χ1v) is 11.9. The Balaban J connectivity index is 1.54. The molecule has 3 heterocycles. The Kier molecular flexibility index (Phi) is 6.81. The van der Waals surface area contributed by atoms with E-state index in [4.69, 9.17) is 0 Å². The van der Waals surface area contributed by atoms with Crippen LogP contribution in [-0.4, -0.2) is 36.6 Å². The Morgan fingerprint density at radius 1 is 1.16 bits per heavy atom. The lowest BCUT2D eigenvalue weighted by atomic mass is 10.1. The second-order valence-electron chi connectivity index (χ2n) is 8.67. The first-order valence-electron chi connectivity index (χ1n) is 11.9. The minimum atomic E-state index is -0.694. The van der Waals surface area contributed by atoms with Crippen LogP contribution in [0.5, 0.6) is 0 Å². The molecule has 0 aliphatic carbocycles. The molecule has 5 rings (SSSR count). The summed E-state index contributed by atoms with van der Waals surface area (Å²) >= 11 is 0. The van der Waals surface area contributed by atoms with Gasteiger partial charge in [0.1, 0.15) is 5.69 Å². The van der Waals surface area contributed by atoms with E-state index in [1.165, 1.54) is 21.9 Å².